The predicted molar refractivity (Wildman–Crippen MR) is 62.5 cm³/mol. The molecule has 0 amide bonds. The van der Waals surface area contributed by atoms with Gasteiger partial charge in [-0.05, 0) is 40.7 Å². The number of carbonyl (C=O) groups is 1. The number of carboxylic acid groups (broad SMARTS) is 1. The van der Waals surface area contributed by atoms with E-state index in [1.165, 1.54) is 0 Å². The summed E-state index contributed by atoms with van der Waals surface area (Å²) in [5.41, 5.74) is -0.449. The molecule has 0 aromatic heterocycles. The number of carboxylic acids is 1. The van der Waals surface area contributed by atoms with E-state index >= 15 is 0 Å². The van der Waals surface area contributed by atoms with Gasteiger partial charge in [0.2, 0.25) is 0 Å². The van der Waals surface area contributed by atoms with Crippen molar-refractivity contribution in [3.63, 3.8) is 0 Å². The number of ether oxygens (including phenoxy) is 1. The first-order chi connectivity index (χ1) is 7.18. The van der Waals surface area contributed by atoms with Crippen molar-refractivity contribution in [1.82, 2.24) is 4.90 Å². The van der Waals surface area contributed by atoms with Crippen LogP contribution in [0.15, 0.2) is 0 Å². The first kappa shape index (κ1) is 13.5. The van der Waals surface area contributed by atoms with Gasteiger partial charge in [0.25, 0.3) is 0 Å². The van der Waals surface area contributed by atoms with Gasteiger partial charge in [-0.3, -0.25) is 9.69 Å². The minimum Gasteiger partial charge on any atom is -0.480 e. The molecule has 1 fully saturated rings. The molecule has 0 radical (unpaired) electrons. The summed E-state index contributed by atoms with van der Waals surface area (Å²) in [4.78, 5) is 12.8. The van der Waals surface area contributed by atoms with Crippen molar-refractivity contribution >= 4 is 5.97 Å². The van der Waals surface area contributed by atoms with Crippen LogP contribution in [0.2, 0.25) is 0 Å². The number of nitrogens with zero attached hydrogens (tertiary/aromatic N) is 1. The molecule has 1 aliphatic heterocycles. The maximum Gasteiger partial charge on any atom is 0.317 e. The fourth-order valence-electron chi connectivity index (χ4n) is 2.72. The lowest BCUT2D eigenvalue weighted by molar-refractivity contribution is -0.140. The summed E-state index contributed by atoms with van der Waals surface area (Å²) < 4.78 is 5.98. The Hall–Kier alpha value is -0.610. The standard InChI is InChI=1S/C12H23NO3/c1-6-13(8-10(14)15)9-7-11(2,3)16-12(9,4)5/h9H,6-8H2,1-5H3,(H,14,15). The Bertz CT molecular complexity index is 273. The minimum atomic E-state index is -0.776. The van der Waals surface area contributed by atoms with Crippen LogP contribution in [0.25, 0.3) is 0 Å². The van der Waals surface area contributed by atoms with Gasteiger partial charge in [0.05, 0.1) is 17.7 Å². The van der Waals surface area contributed by atoms with Crippen molar-refractivity contribution in [3.05, 3.63) is 0 Å². The second kappa shape index (κ2) is 4.34. The summed E-state index contributed by atoms with van der Waals surface area (Å²) in [7, 11) is 0. The van der Waals surface area contributed by atoms with E-state index in [-0.39, 0.29) is 23.8 Å². The molecule has 1 rings (SSSR count). The summed E-state index contributed by atoms with van der Waals surface area (Å²) in [6.45, 7) is 11.0. The monoisotopic (exact) mass is 229 g/mol. The molecular formula is C12H23NO3. The van der Waals surface area contributed by atoms with E-state index in [9.17, 15) is 4.79 Å². The highest BCUT2D eigenvalue weighted by Crippen LogP contribution is 2.39. The predicted octanol–water partition coefficient (Wildman–Crippen LogP) is 1.74. The molecule has 1 unspecified atom stereocenters. The Balaban J connectivity index is 2.81. The van der Waals surface area contributed by atoms with Gasteiger partial charge in [0.1, 0.15) is 0 Å². The first-order valence-corrected chi connectivity index (χ1v) is 5.84. The van der Waals surface area contributed by atoms with E-state index in [4.69, 9.17) is 9.84 Å². The highest BCUT2D eigenvalue weighted by atomic mass is 16.5. The van der Waals surface area contributed by atoms with E-state index in [2.05, 4.69) is 13.8 Å². The van der Waals surface area contributed by atoms with E-state index in [1.807, 2.05) is 25.7 Å². The van der Waals surface area contributed by atoms with Gasteiger partial charge in [-0.15, -0.1) is 0 Å². The molecule has 0 aliphatic carbocycles. The van der Waals surface area contributed by atoms with Crippen LogP contribution in [0, 0.1) is 0 Å². The SMILES string of the molecule is CCN(CC(=O)O)C1CC(C)(C)OC1(C)C. The summed E-state index contributed by atoms with van der Waals surface area (Å²) in [6.07, 6.45) is 0.876. The maximum atomic E-state index is 10.8. The number of likely N-dealkylation sites (N-methyl/N-ethyl adjacent to an activating group) is 1. The highest BCUT2D eigenvalue weighted by Gasteiger charge is 2.48. The Kier molecular flexibility index (Phi) is 3.65. The van der Waals surface area contributed by atoms with Crippen LogP contribution < -0.4 is 0 Å². The Labute approximate surface area is 97.6 Å². The summed E-state index contributed by atoms with van der Waals surface area (Å²) in [6, 6.07) is 0.170. The number of hydrogen-bond acceptors (Lipinski definition) is 3. The molecule has 0 aromatic rings. The number of rotatable bonds is 4. The van der Waals surface area contributed by atoms with Gasteiger partial charge in [0.15, 0.2) is 0 Å². The van der Waals surface area contributed by atoms with Crippen molar-refractivity contribution in [2.75, 3.05) is 13.1 Å². The third-order valence-electron chi connectivity index (χ3n) is 3.21. The second-order valence-electron chi connectivity index (χ2n) is 5.64. The average molecular weight is 229 g/mol. The summed E-state index contributed by atoms with van der Waals surface area (Å²) >= 11 is 0. The van der Waals surface area contributed by atoms with E-state index in [0.717, 1.165) is 13.0 Å². The molecular weight excluding hydrogens is 206 g/mol. The van der Waals surface area contributed by atoms with Gasteiger partial charge in [0, 0.05) is 6.04 Å². The van der Waals surface area contributed by atoms with Crippen LogP contribution in [-0.2, 0) is 9.53 Å². The van der Waals surface area contributed by atoms with Crippen molar-refractivity contribution in [2.45, 2.75) is 58.3 Å². The number of aliphatic carboxylic acids is 1. The van der Waals surface area contributed by atoms with Crippen molar-refractivity contribution in [2.24, 2.45) is 0 Å². The molecule has 0 saturated carbocycles. The van der Waals surface area contributed by atoms with E-state index in [0.29, 0.717) is 0 Å². The molecule has 4 heteroatoms. The van der Waals surface area contributed by atoms with E-state index < -0.39 is 5.97 Å². The van der Waals surface area contributed by atoms with Crippen LogP contribution >= 0.6 is 0 Å². The molecule has 1 N–H and O–H groups in total. The third-order valence-corrected chi connectivity index (χ3v) is 3.21. The van der Waals surface area contributed by atoms with Crippen LogP contribution in [0.1, 0.15) is 41.0 Å². The smallest absolute Gasteiger partial charge is 0.317 e. The molecule has 1 aliphatic rings. The van der Waals surface area contributed by atoms with Gasteiger partial charge in [-0.2, -0.15) is 0 Å². The van der Waals surface area contributed by atoms with Crippen LogP contribution in [0.4, 0.5) is 0 Å². The third kappa shape index (κ3) is 2.95. The fraction of sp³-hybridized carbons (Fsp3) is 0.917. The molecule has 0 bridgehead atoms. The molecule has 16 heavy (non-hydrogen) atoms. The molecule has 4 nitrogen and oxygen atoms in total. The molecule has 1 saturated heterocycles. The molecule has 0 spiro atoms. The fourth-order valence-corrected chi connectivity index (χ4v) is 2.72. The van der Waals surface area contributed by atoms with Crippen molar-refractivity contribution in [1.29, 1.82) is 0 Å². The zero-order valence-electron chi connectivity index (χ0n) is 10.9. The molecule has 94 valence electrons. The van der Waals surface area contributed by atoms with Gasteiger partial charge >= 0.3 is 5.97 Å². The van der Waals surface area contributed by atoms with Gasteiger partial charge in [-0.1, -0.05) is 6.92 Å². The topological polar surface area (TPSA) is 49.8 Å². The average Bonchev–Trinajstić information content (AvgIpc) is 2.29. The van der Waals surface area contributed by atoms with Gasteiger partial charge in [-0.25, -0.2) is 0 Å². The maximum absolute atomic E-state index is 10.8. The minimum absolute atomic E-state index is 0.0873. The Morgan fingerprint density at radius 1 is 1.44 bits per heavy atom. The molecule has 1 heterocycles. The molecule has 1 atom stereocenters. The first-order valence-electron chi connectivity index (χ1n) is 5.84. The Morgan fingerprint density at radius 3 is 2.31 bits per heavy atom. The Morgan fingerprint density at radius 2 is 2.00 bits per heavy atom. The van der Waals surface area contributed by atoms with Crippen LogP contribution in [-0.4, -0.2) is 46.3 Å². The lowest BCUT2D eigenvalue weighted by Gasteiger charge is -2.34. The van der Waals surface area contributed by atoms with Crippen molar-refractivity contribution in [3.8, 4) is 0 Å². The van der Waals surface area contributed by atoms with Crippen molar-refractivity contribution < 1.29 is 14.6 Å². The van der Waals surface area contributed by atoms with E-state index in [1.54, 1.807) is 0 Å². The van der Waals surface area contributed by atoms with Crippen LogP contribution in [0.3, 0.4) is 0 Å². The normalized spacial score (nSPS) is 27.2. The summed E-state index contributed by atoms with van der Waals surface area (Å²) in [5.74, 6) is -0.776. The molecule has 0 aromatic carbocycles. The van der Waals surface area contributed by atoms with Crippen LogP contribution in [0.5, 0.6) is 0 Å². The lowest BCUT2D eigenvalue weighted by Crippen LogP contribution is -2.48. The number of hydrogen-bond donors (Lipinski definition) is 1. The lowest BCUT2D eigenvalue weighted by atomic mass is 9.93. The largest absolute Gasteiger partial charge is 0.480 e. The zero-order valence-corrected chi connectivity index (χ0v) is 10.9. The quantitative estimate of drug-likeness (QED) is 0.797. The summed E-state index contributed by atoms with van der Waals surface area (Å²) in [5, 5.41) is 8.89. The zero-order chi connectivity index (χ0) is 12.6. The highest BCUT2D eigenvalue weighted by molar-refractivity contribution is 5.69. The second-order valence-corrected chi connectivity index (χ2v) is 5.64. The van der Waals surface area contributed by atoms with Gasteiger partial charge < -0.3 is 9.84 Å².